The number of ketones is 1. The van der Waals surface area contributed by atoms with E-state index >= 15 is 4.39 Å². The molecule has 36 heavy (non-hydrogen) atoms. The van der Waals surface area contributed by atoms with Crippen molar-refractivity contribution in [2.45, 2.75) is 37.6 Å². The number of carbonyl (C=O) groups is 1. The van der Waals surface area contributed by atoms with Crippen molar-refractivity contribution in [3.05, 3.63) is 71.8 Å². The lowest BCUT2D eigenvalue weighted by Gasteiger charge is -2.18. The number of aromatic amines is 1. The first kappa shape index (κ1) is 22.7. The number of aromatic nitrogens is 4. The van der Waals surface area contributed by atoms with Crippen LogP contribution in [0.5, 0.6) is 0 Å². The van der Waals surface area contributed by atoms with Gasteiger partial charge in [-0.1, -0.05) is 6.07 Å². The fraction of sp³-hybridized carbons (Fsp3) is 0.280. The van der Waals surface area contributed by atoms with Crippen molar-refractivity contribution in [3.63, 3.8) is 0 Å². The summed E-state index contributed by atoms with van der Waals surface area (Å²) in [5, 5.41) is 0.516. The van der Waals surface area contributed by atoms with Gasteiger partial charge in [-0.2, -0.15) is 12.7 Å². The Kier molecular flexibility index (Phi) is 5.34. The smallest absolute Gasteiger partial charge is 0.301 e. The van der Waals surface area contributed by atoms with E-state index in [9.17, 15) is 13.2 Å². The van der Waals surface area contributed by atoms with Crippen molar-refractivity contribution in [3.8, 4) is 11.1 Å². The third kappa shape index (κ3) is 4.14. The zero-order valence-electron chi connectivity index (χ0n) is 19.4. The molecule has 11 heteroatoms. The van der Waals surface area contributed by atoms with Crippen molar-refractivity contribution < 1.29 is 17.6 Å². The number of carbonyl (C=O) groups excluding carboxylic acids is 1. The number of fused-ring (bicyclic) bond motifs is 1. The van der Waals surface area contributed by atoms with Gasteiger partial charge in [-0.25, -0.2) is 19.3 Å². The summed E-state index contributed by atoms with van der Waals surface area (Å²) in [5.74, 6) is -0.246. The molecule has 2 N–H and O–H groups in total. The molecule has 0 unspecified atom stereocenters. The molecule has 4 aromatic rings. The van der Waals surface area contributed by atoms with Gasteiger partial charge in [0, 0.05) is 65.9 Å². The van der Waals surface area contributed by atoms with E-state index in [0.717, 1.165) is 42.6 Å². The summed E-state index contributed by atoms with van der Waals surface area (Å²) in [6.07, 6.45) is 10.4. The van der Waals surface area contributed by atoms with Crippen LogP contribution >= 0.6 is 0 Å². The Bertz CT molecular complexity index is 1590. The van der Waals surface area contributed by atoms with E-state index in [2.05, 4.69) is 24.7 Å². The summed E-state index contributed by atoms with van der Waals surface area (Å²) < 4.78 is 44.0. The van der Waals surface area contributed by atoms with Crippen molar-refractivity contribution in [2.24, 2.45) is 0 Å². The normalized spacial score (nSPS) is 16.0. The number of pyridine rings is 1. The minimum atomic E-state index is -3.94. The molecule has 0 spiro atoms. The molecule has 6 rings (SSSR count). The van der Waals surface area contributed by atoms with Crippen LogP contribution in [0.2, 0.25) is 0 Å². The van der Waals surface area contributed by atoms with Crippen molar-refractivity contribution in [2.75, 3.05) is 11.8 Å². The van der Waals surface area contributed by atoms with E-state index < -0.39 is 21.8 Å². The Morgan fingerprint density at radius 2 is 1.78 bits per heavy atom. The third-order valence-electron chi connectivity index (χ3n) is 6.65. The van der Waals surface area contributed by atoms with E-state index in [1.54, 1.807) is 24.7 Å². The third-order valence-corrected chi connectivity index (χ3v) is 8.18. The van der Waals surface area contributed by atoms with Gasteiger partial charge in [-0.3, -0.25) is 9.52 Å². The summed E-state index contributed by atoms with van der Waals surface area (Å²) in [5.41, 5.74) is 1.66. The van der Waals surface area contributed by atoms with Gasteiger partial charge in [0.15, 0.2) is 11.6 Å². The fourth-order valence-electron chi connectivity index (χ4n) is 4.17. The molecule has 9 nitrogen and oxygen atoms in total. The molecule has 2 saturated carbocycles. The Balaban J connectivity index is 1.32. The van der Waals surface area contributed by atoms with Gasteiger partial charge in [-0.05, 0) is 43.9 Å². The molecule has 2 aliphatic rings. The molecule has 3 heterocycles. The molecule has 0 aliphatic heterocycles. The number of benzene rings is 1. The number of hydrogen-bond acceptors (Lipinski definition) is 6. The van der Waals surface area contributed by atoms with Crippen molar-refractivity contribution in [1.29, 1.82) is 0 Å². The number of anilines is 1. The van der Waals surface area contributed by atoms with Crippen LogP contribution in [0.15, 0.2) is 49.1 Å². The van der Waals surface area contributed by atoms with Gasteiger partial charge in [-0.15, -0.1) is 0 Å². The number of nitrogens with zero attached hydrogens (tertiary/aromatic N) is 4. The molecular weight excluding hydrogens is 483 g/mol. The molecule has 0 amide bonds. The average molecular weight is 507 g/mol. The van der Waals surface area contributed by atoms with E-state index in [1.165, 1.54) is 35.7 Å². The topological polar surface area (TPSA) is 121 Å². The highest BCUT2D eigenvalue weighted by Crippen LogP contribution is 2.38. The van der Waals surface area contributed by atoms with E-state index in [4.69, 9.17) is 0 Å². The fourth-order valence-corrected chi connectivity index (χ4v) is 5.35. The first-order valence-corrected chi connectivity index (χ1v) is 13.1. The lowest BCUT2D eigenvalue weighted by Crippen LogP contribution is -2.34. The first-order valence-electron chi connectivity index (χ1n) is 11.7. The zero-order chi connectivity index (χ0) is 25.0. The van der Waals surface area contributed by atoms with Crippen LogP contribution in [0.3, 0.4) is 0 Å². The lowest BCUT2D eigenvalue weighted by atomic mass is 10.0. The highest BCUT2D eigenvalue weighted by Gasteiger charge is 2.35. The van der Waals surface area contributed by atoms with E-state index in [1.807, 2.05) is 0 Å². The SMILES string of the molecule is CN(C1CC1)S(=O)(=O)Nc1cccc(C(=O)c2c[nH]c3ncc(-c4cnc(C5CC5)nc4)cc23)c1F. The molecule has 0 atom stereocenters. The molecule has 1 aromatic carbocycles. The maximum absolute atomic E-state index is 15.4. The highest BCUT2D eigenvalue weighted by molar-refractivity contribution is 7.90. The number of hydrogen-bond donors (Lipinski definition) is 2. The Labute approximate surface area is 207 Å². The Morgan fingerprint density at radius 1 is 1.06 bits per heavy atom. The molecule has 184 valence electrons. The van der Waals surface area contributed by atoms with Crippen LogP contribution in [0.4, 0.5) is 10.1 Å². The van der Waals surface area contributed by atoms with Crippen LogP contribution in [0, 0.1) is 5.82 Å². The zero-order valence-corrected chi connectivity index (χ0v) is 20.2. The molecule has 0 bridgehead atoms. The maximum atomic E-state index is 15.4. The molecule has 2 aliphatic carbocycles. The molecule has 2 fully saturated rings. The first-order chi connectivity index (χ1) is 17.3. The summed E-state index contributed by atoms with van der Waals surface area (Å²) in [4.78, 5) is 29.6. The second kappa shape index (κ2) is 8.45. The van der Waals surface area contributed by atoms with E-state index in [-0.39, 0.29) is 22.9 Å². The van der Waals surface area contributed by atoms with Crippen LogP contribution in [0.25, 0.3) is 22.2 Å². The predicted molar refractivity (Wildman–Crippen MR) is 132 cm³/mol. The second-order valence-corrected chi connectivity index (χ2v) is 11.0. The molecular formula is C25H23FN6O3S. The standard InChI is InChI=1S/C25H23FN6O3S/c1-32(17-7-8-17)36(34,35)31-21-4-2-3-18(22(21)26)23(33)20-13-30-25-19(20)9-15(10-29-25)16-11-27-24(28-12-16)14-5-6-14/h2-4,9-14,17,31H,5-8H2,1H3,(H,29,30). The Morgan fingerprint density at radius 3 is 2.47 bits per heavy atom. The number of rotatable bonds is 8. The largest absolute Gasteiger partial charge is 0.345 e. The summed E-state index contributed by atoms with van der Waals surface area (Å²) in [6, 6.07) is 5.78. The lowest BCUT2D eigenvalue weighted by molar-refractivity contribution is 0.103. The second-order valence-electron chi connectivity index (χ2n) is 9.28. The van der Waals surface area contributed by atoms with Crippen molar-refractivity contribution >= 4 is 32.7 Å². The van der Waals surface area contributed by atoms with Gasteiger partial charge >= 0.3 is 10.2 Å². The highest BCUT2D eigenvalue weighted by atomic mass is 32.2. The Hall–Kier alpha value is -3.70. The average Bonchev–Trinajstić information content (AvgIpc) is 3.81. The van der Waals surface area contributed by atoms with Crippen LogP contribution in [-0.2, 0) is 10.2 Å². The van der Waals surface area contributed by atoms with Gasteiger partial charge < -0.3 is 4.98 Å². The van der Waals surface area contributed by atoms with E-state index in [0.29, 0.717) is 17.0 Å². The number of halogens is 1. The summed E-state index contributed by atoms with van der Waals surface area (Å²) >= 11 is 0. The minimum Gasteiger partial charge on any atom is -0.345 e. The van der Waals surface area contributed by atoms with Gasteiger partial charge in [0.05, 0.1) is 11.3 Å². The van der Waals surface area contributed by atoms with Crippen LogP contribution in [0.1, 0.15) is 53.3 Å². The quantitative estimate of drug-likeness (QED) is 0.348. The minimum absolute atomic E-state index is 0.0846. The van der Waals surface area contributed by atoms with Gasteiger partial charge in [0.1, 0.15) is 11.5 Å². The van der Waals surface area contributed by atoms with Crippen LogP contribution < -0.4 is 4.72 Å². The summed E-state index contributed by atoms with van der Waals surface area (Å²) in [6.45, 7) is 0. The van der Waals surface area contributed by atoms with Crippen molar-refractivity contribution in [1.82, 2.24) is 24.2 Å². The number of nitrogens with one attached hydrogen (secondary N) is 2. The van der Waals surface area contributed by atoms with Gasteiger partial charge in [0.2, 0.25) is 0 Å². The number of H-pyrrole nitrogens is 1. The van der Waals surface area contributed by atoms with Gasteiger partial charge in [0.25, 0.3) is 0 Å². The summed E-state index contributed by atoms with van der Waals surface area (Å²) in [7, 11) is -2.49. The molecule has 0 radical (unpaired) electrons. The molecule has 3 aromatic heterocycles. The van der Waals surface area contributed by atoms with Crippen LogP contribution in [-0.4, -0.2) is 51.5 Å². The monoisotopic (exact) mass is 506 g/mol. The predicted octanol–water partition coefficient (Wildman–Crippen LogP) is 4.02. The maximum Gasteiger partial charge on any atom is 0.301 e. The molecule has 0 saturated heterocycles.